The number of halogens is 6. The molecule has 2 rings (SSSR count). The van der Waals surface area contributed by atoms with Gasteiger partial charge in [-0.05, 0) is 12.1 Å². The maximum absolute atomic E-state index is 12.7. The van der Waals surface area contributed by atoms with Crippen molar-refractivity contribution in [1.82, 2.24) is 9.78 Å². The number of rotatable bonds is 2. The largest absolute Gasteiger partial charge is 0.435 e. The van der Waals surface area contributed by atoms with Crippen LogP contribution in [0.15, 0.2) is 18.3 Å². The third kappa shape index (κ3) is 2.77. The van der Waals surface area contributed by atoms with E-state index in [4.69, 9.17) is 34.8 Å². The predicted molar refractivity (Wildman–Crippen MR) is 69.0 cm³/mol. The van der Waals surface area contributed by atoms with Crippen molar-refractivity contribution in [3.8, 4) is 5.69 Å². The number of aromatic nitrogens is 2. The Bertz CT molecular complexity index is 659. The Morgan fingerprint density at radius 2 is 1.70 bits per heavy atom. The topological polar surface area (TPSA) is 34.9 Å². The van der Waals surface area contributed by atoms with Gasteiger partial charge in [0.05, 0.1) is 15.6 Å². The maximum Gasteiger partial charge on any atom is 0.435 e. The van der Waals surface area contributed by atoms with Crippen LogP contribution in [0, 0.1) is 0 Å². The van der Waals surface area contributed by atoms with Crippen LogP contribution in [0.25, 0.3) is 5.69 Å². The molecule has 0 N–H and O–H groups in total. The number of carbonyl (C=O) groups is 1. The van der Waals surface area contributed by atoms with Gasteiger partial charge in [-0.25, -0.2) is 4.68 Å². The molecule has 9 heteroatoms. The first-order chi connectivity index (χ1) is 9.24. The van der Waals surface area contributed by atoms with Gasteiger partial charge in [0, 0.05) is 11.2 Å². The maximum atomic E-state index is 12.7. The lowest BCUT2D eigenvalue weighted by Crippen LogP contribution is -2.09. The molecular formula is C11H4Cl3F3N2O. The number of hydrogen-bond donors (Lipinski definition) is 0. The molecule has 0 fully saturated rings. The molecule has 0 saturated carbocycles. The van der Waals surface area contributed by atoms with Gasteiger partial charge >= 0.3 is 6.18 Å². The van der Waals surface area contributed by atoms with E-state index < -0.39 is 17.4 Å². The third-order valence-corrected chi connectivity index (χ3v) is 3.14. The van der Waals surface area contributed by atoms with E-state index in [9.17, 15) is 18.0 Å². The first-order valence-electron chi connectivity index (χ1n) is 5.01. The summed E-state index contributed by atoms with van der Waals surface area (Å²) in [6, 6.07) is 2.61. The van der Waals surface area contributed by atoms with E-state index in [-0.39, 0.29) is 27.0 Å². The summed E-state index contributed by atoms with van der Waals surface area (Å²) in [5.74, 6) is 0. The zero-order chi connectivity index (χ0) is 15.1. The van der Waals surface area contributed by atoms with Crippen molar-refractivity contribution < 1.29 is 18.0 Å². The van der Waals surface area contributed by atoms with Gasteiger partial charge in [0.1, 0.15) is 5.69 Å². The lowest BCUT2D eigenvalue weighted by atomic mass is 10.2. The highest BCUT2D eigenvalue weighted by Crippen LogP contribution is 2.35. The molecule has 0 amide bonds. The minimum absolute atomic E-state index is 0.0103. The molecule has 2 aromatic rings. The molecule has 0 unspecified atom stereocenters. The Labute approximate surface area is 125 Å². The summed E-state index contributed by atoms with van der Waals surface area (Å²) >= 11 is 17.5. The van der Waals surface area contributed by atoms with Gasteiger partial charge < -0.3 is 0 Å². The Hall–Kier alpha value is -1.24. The molecule has 20 heavy (non-hydrogen) atoms. The Morgan fingerprint density at radius 1 is 1.15 bits per heavy atom. The number of nitrogens with zero attached hydrogens (tertiary/aromatic N) is 2. The Morgan fingerprint density at radius 3 is 2.10 bits per heavy atom. The number of benzene rings is 1. The third-order valence-electron chi connectivity index (χ3n) is 2.35. The van der Waals surface area contributed by atoms with Crippen LogP contribution in [-0.4, -0.2) is 16.1 Å². The van der Waals surface area contributed by atoms with E-state index >= 15 is 0 Å². The van der Waals surface area contributed by atoms with Gasteiger partial charge in [-0.2, -0.15) is 18.3 Å². The van der Waals surface area contributed by atoms with Gasteiger partial charge in [0.25, 0.3) is 0 Å². The lowest BCUT2D eigenvalue weighted by molar-refractivity contribution is -0.141. The van der Waals surface area contributed by atoms with Gasteiger partial charge in [-0.3, -0.25) is 4.79 Å². The molecule has 0 saturated heterocycles. The zero-order valence-electron chi connectivity index (χ0n) is 9.38. The highest BCUT2D eigenvalue weighted by Gasteiger charge is 2.37. The van der Waals surface area contributed by atoms with Crippen LogP contribution in [-0.2, 0) is 6.18 Å². The molecule has 1 heterocycles. The molecule has 1 aromatic carbocycles. The molecular weight excluding hydrogens is 339 g/mol. The average Bonchev–Trinajstić information content (AvgIpc) is 2.71. The van der Waals surface area contributed by atoms with Crippen molar-refractivity contribution in [1.29, 1.82) is 0 Å². The van der Waals surface area contributed by atoms with E-state index in [0.717, 1.165) is 10.9 Å². The van der Waals surface area contributed by atoms with Crippen LogP contribution in [0.3, 0.4) is 0 Å². The predicted octanol–water partition coefficient (Wildman–Crippen LogP) is 4.66. The minimum atomic E-state index is -4.76. The number of carbonyl (C=O) groups excluding carboxylic acids is 1. The summed E-state index contributed by atoms with van der Waals surface area (Å²) in [6.45, 7) is 0. The van der Waals surface area contributed by atoms with Gasteiger partial charge in [-0.15, -0.1) is 0 Å². The van der Waals surface area contributed by atoms with Crippen LogP contribution in [0.4, 0.5) is 13.2 Å². The summed E-state index contributed by atoms with van der Waals surface area (Å²) in [4.78, 5) is 10.7. The van der Waals surface area contributed by atoms with Crippen LogP contribution in [0.2, 0.25) is 15.1 Å². The van der Waals surface area contributed by atoms with E-state index in [2.05, 4.69) is 5.10 Å². The monoisotopic (exact) mass is 342 g/mol. The standard InChI is InChI=1S/C11H4Cl3F3N2O/c12-6-1-7(13)9(8(14)2-6)19-3-5(4-20)10(18-19)11(15,16)17/h1-4H. The fraction of sp³-hybridized carbons (Fsp3) is 0.0909. The summed E-state index contributed by atoms with van der Waals surface area (Å²) in [5, 5.41) is 3.57. The first-order valence-corrected chi connectivity index (χ1v) is 6.14. The van der Waals surface area contributed by atoms with Crippen molar-refractivity contribution >= 4 is 41.1 Å². The minimum Gasteiger partial charge on any atom is -0.298 e. The van der Waals surface area contributed by atoms with Crippen molar-refractivity contribution in [2.24, 2.45) is 0 Å². The normalized spacial score (nSPS) is 11.7. The van der Waals surface area contributed by atoms with E-state index in [1.807, 2.05) is 0 Å². The van der Waals surface area contributed by atoms with Crippen molar-refractivity contribution in [2.75, 3.05) is 0 Å². The Balaban J connectivity index is 2.66. The van der Waals surface area contributed by atoms with Crippen LogP contribution in [0.1, 0.15) is 16.1 Å². The molecule has 0 spiro atoms. The van der Waals surface area contributed by atoms with Crippen LogP contribution >= 0.6 is 34.8 Å². The number of aldehydes is 1. The molecule has 0 bridgehead atoms. The van der Waals surface area contributed by atoms with Crippen LogP contribution in [0.5, 0.6) is 0 Å². The summed E-state index contributed by atoms with van der Waals surface area (Å²) in [7, 11) is 0. The average molecular weight is 344 g/mol. The smallest absolute Gasteiger partial charge is 0.298 e. The number of alkyl halides is 3. The second-order valence-corrected chi connectivity index (χ2v) is 4.96. The highest BCUT2D eigenvalue weighted by atomic mass is 35.5. The second-order valence-electron chi connectivity index (χ2n) is 3.71. The molecule has 0 radical (unpaired) electrons. The lowest BCUT2D eigenvalue weighted by Gasteiger charge is -2.08. The van der Waals surface area contributed by atoms with Gasteiger partial charge in [-0.1, -0.05) is 34.8 Å². The first kappa shape index (κ1) is 15.2. The molecule has 106 valence electrons. The van der Waals surface area contributed by atoms with Gasteiger partial charge in [0.15, 0.2) is 12.0 Å². The molecule has 3 nitrogen and oxygen atoms in total. The van der Waals surface area contributed by atoms with Crippen LogP contribution < -0.4 is 0 Å². The molecule has 0 aliphatic rings. The molecule has 0 aliphatic carbocycles. The van der Waals surface area contributed by atoms with E-state index in [1.54, 1.807) is 0 Å². The second kappa shape index (κ2) is 5.27. The number of hydrogen-bond acceptors (Lipinski definition) is 2. The SMILES string of the molecule is O=Cc1cn(-c2c(Cl)cc(Cl)cc2Cl)nc1C(F)(F)F. The van der Waals surface area contributed by atoms with Crippen molar-refractivity contribution in [3.05, 3.63) is 44.7 Å². The zero-order valence-corrected chi connectivity index (χ0v) is 11.6. The summed E-state index contributed by atoms with van der Waals surface area (Å²) < 4.78 is 38.9. The quantitative estimate of drug-likeness (QED) is 0.743. The van der Waals surface area contributed by atoms with Crippen molar-refractivity contribution in [2.45, 2.75) is 6.18 Å². The van der Waals surface area contributed by atoms with E-state index in [0.29, 0.717) is 0 Å². The molecule has 0 aliphatic heterocycles. The fourth-order valence-corrected chi connectivity index (χ4v) is 2.55. The van der Waals surface area contributed by atoms with Gasteiger partial charge in [0.2, 0.25) is 0 Å². The fourth-order valence-electron chi connectivity index (χ4n) is 1.56. The summed E-state index contributed by atoms with van der Waals surface area (Å²) in [5.41, 5.74) is -1.91. The Kier molecular flexibility index (Phi) is 4.00. The highest BCUT2D eigenvalue weighted by molar-refractivity contribution is 6.40. The molecule has 1 aromatic heterocycles. The molecule has 0 atom stereocenters. The van der Waals surface area contributed by atoms with E-state index in [1.165, 1.54) is 12.1 Å². The van der Waals surface area contributed by atoms with Crippen molar-refractivity contribution in [3.63, 3.8) is 0 Å². The summed E-state index contributed by atoms with van der Waals surface area (Å²) in [6.07, 6.45) is -3.80.